The molecule has 2 aromatic carbocycles. The second-order valence-corrected chi connectivity index (χ2v) is 8.01. The normalized spacial score (nSPS) is 18.0. The Morgan fingerprint density at radius 2 is 1.62 bits per heavy atom. The molecule has 0 radical (unpaired) electrons. The van der Waals surface area contributed by atoms with Crippen LogP contribution in [-0.2, 0) is 15.1 Å². The van der Waals surface area contributed by atoms with E-state index in [0.717, 1.165) is 30.4 Å². The first kappa shape index (κ1) is 21.1. The summed E-state index contributed by atoms with van der Waals surface area (Å²) in [6, 6.07) is 19.4. The second kappa shape index (κ2) is 9.23. The molecule has 1 aliphatic rings. The molecule has 0 aromatic heterocycles. The van der Waals surface area contributed by atoms with Crippen molar-refractivity contribution in [3.8, 4) is 0 Å². The molecule has 1 aliphatic heterocycles. The maximum atomic E-state index is 13.0. The van der Waals surface area contributed by atoms with Crippen LogP contribution in [0.25, 0.3) is 0 Å². The quantitative estimate of drug-likeness (QED) is 0.792. The van der Waals surface area contributed by atoms with E-state index in [4.69, 9.17) is 5.73 Å². The predicted molar refractivity (Wildman–Crippen MR) is 115 cm³/mol. The number of nitrogens with two attached hydrogens (primary N) is 1. The molecule has 2 atom stereocenters. The number of hydrogen-bond acceptors (Lipinski definition) is 3. The lowest BCUT2D eigenvalue weighted by atomic mass is 9.91. The van der Waals surface area contributed by atoms with Gasteiger partial charge in [-0.25, -0.2) is 0 Å². The van der Waals surface area contributed by atoms with Crippen molar-refractivity contribution in [2.24, 2.45) is 5.73 Å². The third-order valence-electron chi connectivity index (χ3n) is 5.90. The molecular weight excluding hydrogens is 362 g/mol. The van der Waals surface area contributed by atoms with Crippen LogP contribution in [0.15, 0.2) is 60.7 Å². The lowest BCUT2D eigenvalue weighted by Crippen LogP contribution is -2.54. The molecule has 5 nitrogen and oxygen atoms in total. The van der Waals surface area contributed by atoms with Crippen molar-refractivity contribution in [2.45, 2.75) is 50.6 Å². The Morgan fingerprint density at radius 3 is 2.17 bits per heavy atom. The highest BCUT2D eigenvalue weighted by Gasteiger charge is 2.34. The van der Waals surface area contributed by atoms with Gasteiger partial charge >= 0.3 is 0 Å². The molecule has 2 amide bonds. The molecular formula is C24H31N3O2. The van der Waals surface area contributed by atoms with Gasteiger partial charge in [0.1, 0.15) is 5.54 Å². The Bertz CT molecular complexity index is 813. The van der Waals surface area contributed by atoms with Crippen molar-refractivity contribution in [2.75, 3.05) is 13.1 Å². The van der Waals surface area contributed by atoms with E-state index in [-0.39, 0.29) is 23.8 Å². The van der Waals surface area contributed by atoms with E-state index in [1.807, 2.05) is 72.5 Å². The zero-order valence-corrected chi connectivity index (χ0v) is 17.3. The molecule has 154 valence electrons. The Morgan fingerprint density at radius 1 is 1.07 bits per heavy atom. The number of nitrogens with zero attached hydrogens (tertiary/aromatic N) is 1. The number of piperidine rings is 1. The van der Waals surface area contributed by atoms with E-state index in [1.54, 1.807) is 6.92 Å². The topological polar surface area (TPSA) is 75.4 Å². The Labute approximate surface area is 173 Å². The van der Waals surface area contributed by atoms with Crippen LogP contribution in [0.2, 0.25) is 0 Å². The monoisotopic (exact) mass is 393 g/mol. The van der Waals surface area contributed by atoms with E-state index < -0.39 is 5.54 Å². The highest BCUT2D eigenvalue weighted by atomic mass is 16.2. The Hall–Kier alpha value is -2.66. The number of carbonyl (C=O) groups is 2. The van der Waals surface area contributed by atoms with Gasteiger partial charge in [0, 0.05) is 19.1 Å². The first-order valence-electron chi connectivity index (χ1n) is 10.4. The summed E-state index contributed by atoms with van der Waals surface area (Å²) >= 11 is 0. The van der Waals surface area contributed by atoms with Crippen molar-refractivity contribution >= 4 is 11.8 Å². The first-order valence-corrected chi connectivity index (χ1v) is 10.4. The van der Waals surface area contributed by atoms with Crippen molar-refractivity contribution in [1.29, 1.82) is 0 Å². The van der Waals surface area contributed by atoms with Crippen LogP contribution < -0.4 is 11.1 Å². The van der Waals surface area contributed by atoms with Gasteiger partial charge in [-0.2, -0.15) is 0 Å². The zero-order valence-electron chi connectivity index (χ0n) is 17.3. The lowest BCUT2D eigenvalue weighted by molar-refractivity contribution is -0.134. The molecule has 1 heterocycles. The second-order valence-electron chi connectivity index (χ2n) is 8.01. The number of rotatable bonds is 6. The van der Waals surface area contributed by atoms with Gasteiger partial charge in [0.2, 0.25) is 11.8 Å². The Kier molecular flexibility index (Phi) is 6.70. The SMILES string of the molecule is CCC(C(=O)N1CCC(NC(=O)C(C)(N)c2ccccc2)CC1)c1ccccc1. The fraction of sp³-hybridized carbons (Fsp3) is 0.417. The zero-order chi connectivity index (χ0) is 20.9. The van der Waals surface area contributed by atoms with Gasteiger partial charge in [0.15, 0.2) is 0 Å². The van der Waals surface area contributed by atoms with Crippen LogP contribution in [0.4, 0.5) is 0 Å². The average Bonchev–Trinajstić information content (AvgIpc) is 2.76. The molecule has 3 rings (SSSR count). The smallest absolute Gasteiger partial charge is 0.244 e. The molecule has 29 heavy (non-hydrogen) atoms. The Balaban J connectivity index is 1.56. The van der Waals surface area contributed by atoms with Crippen LogP contribution >= 0.6 is 0 Å². The fourth-order valence-electron chi connectivity index (χ4n) is 3.95. The molecule has 0 spiro atoms. The molecule has 5 heteroatoms. The third kappa shape index (κ3) is 4.85. The first-order chi connectivity index (χ1) is 13.9. The van der Waals surface area contributed by atoms with Crippen molar-refractivity contribution in [1.82, 2.24) is 10.2 Å². The van der Waals surface area contributed by atoms with Crippen LogP contribution in [0.1, 0.15) is 50.2 Å². The number of nitrogens with one attached hydrogen (secondary N) is 1. The fourth-order valence-corrected chi connectivity index (χ4v) is 3.95. The van der Waals surface area contributed by atoms with E-state index in [2.05, 4.69) is 5.32 Å². The van der Waals surface area contributed by atoms with Crippen molar-refractivity contribution in [3.63, 3.8) is 0 Å². The maximum Gasteiger partial charge on any atom is 0.244 e. The number of likely N-dealkylation sites (tertiary alicyclic amines) is 1. The van der Waals surface area contributed by atoms with Gasteiger partial charge in [0.05, 0.1) is 5.92 Å². The highest BCUT2D eigenvalue weighted by Crippen LogP contribution is 2.24. The van der Waals surface area contributed by atoms with Crippen LogP contribution in [0.5, 0.6) is 0 Å². The highest BCUT2D eigenvalue weighted by molar-refractivity contribution is 5.87. The largest absolute Gasteiger partial charge is 0.351 e. The van der Waals surface area contributed by atoms with Gasteiger partial charge in [-0.1, -0.05) is 67.6 Å². The molecule has 2 unspecified atom stereocenters. The molecule has 1 fully saturated rings. The summed E-state index contributed by atoms with van der Waals surface area (Å²) in [4.78, 5) is 27.7. The van der Waals surface area contributed by atoms with E-state index in [9.17, 15) is 9.59 Å². The number of carbonyl (C=O) groups excluding carboxylic acids is 2. The lowest BCUT2D eigenvalue weighted by Gasteiger charge is -2.36. The van der Waals surface area contributed by atoms with E-state index in [0.29, 0.717) is 13.1 Å². The molecule has 2 aromatic rings. The van der Waals surface area contributed by atoms with E-state index in [1.165, 1.54) is 0 Å². The number of amides is 2. The predicted octanol–water partition coefficient (Wildman–Crippen LogP) is 3.16. The van der Waals surface area contributed by atoms with Gasteiger partial charge < -0.3 is 16.0 Å². The minimum Gasteiger partial charge on any atom is -0.351 e. The van der Waals surface area contributed by atoms with Crippen LogP contribution in [0, 0.1) is 0 Å². The summed E-state index contributed by atoms with van der Waals surface area (Å²) in [7, 11) is 0. The molecule has 3 N–H and O–H groups in total. The van der Waals surface area contributed by atoms with Gasteiger partial charge in [0.25, 0.3) is 0 Å². The van der Waals surface area contributed by atoms with Gasteiger partial charge in [-0.05, 0) is 37.3 Å². The summed E-state index contributed by atoms with van der Waals surface area (Å²) in [5.41, 5.74) is 7.10. The molecule has 0 bridgehead atoms. The van der Waals surface area contributed by atoms with Crippen molar-refractivity contribution in [3.05, 3.63) is 71.8 Å². The maximum absolute atomic E-state index is 13.0. The minimum absolute atomic E-state index is 0.0370. The summed E-state index contributed by atoms with van der Waals surface area (Å²) in [5.74, 6) is -0.103. The summed E-state index contributed by atoms with van der Waals surface area (Å²) in [6.45, 7) is 5.09. The molecule has 0 aliphatic carbocycles. The van der Waals surface area contributed by atoms with Gasteiger partial charge in [-0.3, -0.25) is 9.59 Å². The number of benzene rings is 2. The van der Waals surface area contributed by atoms with Crippen molar-refractivity contribution < 1.29 is 9.59 Å². The minimum atomic E-state index is -1.07. The standard InChI is InChI=1S/C24H31N3O2/c1-3-21(18-10-6-4-7-11-18)22(28)27-16-14-20(15-17-27)26-23(29)24(2,25)19-12-8-5-9-13-19/h4-13,20-21H,3,14-17,25H2,1-2H3,(H,26,29). The average molecular weight is 394 g/mol. The summed E-state index contributed by atoms with van der Waals surface area (Å²) in [5, 5.41) is 3.09. The summed E-state index contributed by atoms with van der Waals surface area (Å²) in [6.07, 6.45) is 2.27. The third-order valence-corrected chi connectivity index (χ3v) is 5.90. The molecule has 1 saturated heterocycles. The van der Waals surface area contributed by atoms with Gasteiger partial charge in [-0.15, -0.1) is 0 Å². The summed E-state index contributed by atoms with van der Waals surface area (Å²) < 4.78 is 0. The van der Waals surface area contributed by atoms with Crippen LogP contribution in [-0.4, -0.2) is 35.8 Å². The number of hydrogen-bond donors (Lipinski definition) is 2. The molecule has 0 saturated carbocycles. The van der Waals surface area contributed by atoms with E-state index >= 15 is 0 Å². The van der Waals surface area contributed by atoms with Crippen LogP contribution in [0.3, 0.4) is 0 Å².